The van der Waals surface area contributed by atoms with Crippen LogP contribution in [0.2, 0.25) is 0 Å². The van der Waals surface area contributed by atoms with Gasteiger partial charge in [-0.25, -0.2) is 0 Å². The van der Waals surface area contributed by atoms with Crippen molar-refractivity contribution in [1.29, 1.82) is 0 Å². The number of aryl methyl sites for hydroxylation is 1. The van der Waals surface area contributed by atoms with E-state index in [2.05, 4.69) is 15.2 Å². The summed E-state index contributed by atoms with van der Waals surface area (Å²) in [7, 11) is 0. The number of fused-ring (bicyclic) bond motifs is 1. The first-order valence-corrected chi connectivity index (χ1v) is 9.92. The molecule has 164 valence electrons. The number of benzene rings is 3. The molecule has 0 amide bonds. The minimum Gasteiger partial charge on any atom is -0.332 e. The number of aromatic nitrogens is 4. The van der Waals surface area contributed by atoms with E-state index in [1.165, 1.54) is 16.8 Å². The Kier molecular flexibility index (Phi) is 4.81. The highest BCUT2D eigenvalue weighted by atomic mass is 19.4. The Morgan fingerprint density at radius 2 is 1.64 bits per heavy atom. The van der Waals surface area contributed by atoms with Crippen LogP contribution in [0.25, 0.3) is 39.4 Å². The van der Waals surface area contributed by atoms with Crippen molar-refractivity contribution in [3.8, 4) is 28.7 Å². The number of hydrogen-bond donors (Lipinski definition) is 0. The molecule has 2 aromatic heterocycles. The van der Waals surface area contributed by atoms with E-state index in [0.717, 1.165) is 17.7 Å². The van der Waals surface area contributed by atoms with E-state index in [-0.39, 0.29) is 28.5 Å². The van der Waals surface area contributed by atoms with Crippen LogP contribution in [0.15, 0.2) is 82.1 Å². The molecule has 0 atom stereocenters. The molecule has 0 saturated heterocycles. The van der Waals surface area contributed by atoms with Crippen LogP contribution >= 0.6 is 0 Å². The van der Waals surface area contributed by atoms with E-state index >= 15 is 0 Å². The van der Waals surface area contributed by atoms with Crippen molar-refractivity contribution in [2.75, 3.05) is 0 Å². The fraction of sp³-hybridized carbons (Fsp3) is 0.0833. The minimum absolute atomic E-state index is 0.0144. The lowest BCUT2D eigenvalue weighted by Gasteiger charge is -2.09. The smallest absolute Gasteiger partial charge is 0.332 e. The van der Waals surface area contributed by atoms with Crippen molar-refractivity contribution in [2.24, 2.45) is 0 Å². The molecule has 5 aromatic rings. The van der Waals surface area contributed by atoms with E-state index in [0.29, 0.717) is 16.5 Å². The van der Waals surface area contributed by atoms with E-state index in [9.17, 15) is 18.0 Å². The van der Waals surface area contributed by atoms with Gasteiger partial charge >= 0.3 is 6.18 Å². The van der Waals surface area contributed by atoms with Crippen LogP contribution in [-0.4, -0.2) is 19.9 Å². The molecular formula is C24H15F3N4O2. The molecule has 0 fully saturated rings. The second-order valence-electron chi connectivity index (χ2n) is 7.45. The zero-order valence-electron chi connectivity index (χ0n) is 17.2. The van der Waals surface area contributed by atoms with E-state index in [4.69, 9.17) is 4.52 Å². The zero-order valence-corrected chi connectivity index (χ0v) is 17.2. The fourth-order valence-corrected chi connectivity index (χ4v) is 3.48. The molecule has 5 rings (SSSR count). The Hall–Kier alpha value is -4.27. The summed E-state index contributed by atoms with van der Waals surface area (Å²) in [6, 6.07) is 18.8. The number of halogens is 3. The summed E-state index contributed by atoms with van der Waals surface area (Å²) < 4.78 is 45.9. The zero-order chi connectivity index (χ0) is 23.2. The SMILES string of the molecule is Cc1ccc(-n2nc(-c3nc(-c4cccc(C(F)(F)F)c4)no3)c3ccccc3c2=O)cc1. The average Bonchev–Trinajstić information content (AvgIpc) is 3.30. The molecule has 0 unspecified atom stereocenters. The summed E-state index contributed by atoms with van der Waals surface area (Å²) in [6.07, 6.45) is -4.50. The average molecular weight is 448 g/mol. The number of alkyl halides is 3. The first-order valence-electron chi connectivity index (χ1n) is 9.92. The van der Waals surface area contributed by atoms with Crippen LogP contribution in [0.1, 0.15) is 11.1 Å². The highest BCUT2D eigenvalue weighted by Gasteiger charge is 2.31. The molecule has 2 heterocycles. The van der Waals surface area contributed by atoms with Gasteiger partial charge < -0.3 is 4.52 Å². The molecule has 0 radical (unpaired) electrons. The van der Waals surface area contributed by atoms with Gasteiger partial charge in [-0.05, 0) is 37.3 Å². The van der Waals surface area contributed by atoms with Gasteiger partial charge in [-0.1, -0.05) is 53.2 Å². The lowest BCUT2D eigenvalue weighted by atomic mass is 10.1. The third kappa shape index (κ3) is 3.78. The maximum absolute atomic E-state index is 13.1. The topological polar surface area (TPSA) is 73.8 Å². The van der Waals surface area contributed by atoms with E-state index in [1.807, 2.05) is 19.1 Å². The third-order valence-electron chi connectivity index (χ3n) is 5.16. The van der Waals surface area contributed by atoms with Crippen LogP contribution in [0.5, 0.6) is 0 Å². The number of rotatable bonds is 3. The highest BCUT2D eigenvalue weighted by Crippen LogP contribution is 2.32. The molecule has 0 bridgehead atoms. The third-order valence-corrected chi connectivity index (χ3v) is 5.16. The summed E-state index contributed by atoms with van der Waals surface area (Å²) in [5, 5.41) is 9.19. The monoisotopic (exact) mass is 448 g/mol. The van der Waals surface area contributed by atoms with Crippen LogP contribution < -0.4 is 5.56 Å². The van der Waals surface area contributed by atoms with Gasteiger partial charge in [0.05, 0.1) is 16.6 Å². The van der Waals surface area contributed by atoms with Crippen molar-refractivity contribution in [3.63, 3.8) is 0 Å². The van der Waals surface area contributed by atoms with Gasteiger partial charge in [0.2, 0.25) is 5.82 Å². The summed E-state index contributed by atoms with van der Waals surface area (Å²) in [4.78, 5) is 17.4. The largest absolute Gasteiger partial charge is 0.416 e. The second kappa shape index (κ2) is 7.70. The molecule has 9 heteroatoms. The summed E-state index contributed by atoms with van der Waals surface area (Å²) in [5.74, 6) is -0.0328. The van der Waals surface area contributed by atoms with Gasteiger partial charge in [0.25, 0.3) is 11.4 Å². The van der Waals surface area contributed by atoms with Gasteiger partial charge in [-0.2, -0.15) is 27.9 Å². The number of hydrogen-bond acceptors (Lipinski definition) is 5. The first-order chi connectivity index (χ1) is 15.8. The second-order valence-corrected chi connectivity index (χ2v) is 7.45. The van der Waals surface area contributed by atoms with Gasteiger partial charge in [-0.3, -0.25) is 4.79 Å². The first kappa shape index (κ1) is 20.6. The fourth-order valence-electron chi connectivity index (χ4n) is 3.48. The summed E-state index contributed by atoms with van der Waals surface area (Å²) in [6.45, 7) is 1.93. The number of nitrogens with zero attached hydrogens (tertiary/aromatic N) is 4. The Morgan fingerprint density at radius 3 is 2.36 bits per heavy atom. The Labute approximate surface area is 184 Å². The van der Waals surface area contributed by atoms with Gasteiger partial charge in [-0.15, -0.1) is 0 Å². The Bertz CT molecular complexity index is 1540. The predicted molar refractivity (Wildman–Crippen MR) is 116 cm³/mol. The predicted octanol–water partition coefficient (Wildman–Crippen LogP) is 5.43. The lowest BCUT2D eigenvalue weighted by molar-refractivity contribution is -0.137. The molecule has 0 aliphatic heterocycles. The van der Waals surface area contributed by atoms with Crippen LogP contribution in [-0.2, 0) is 6.18 Å². The minimum atomic E-state index is -4.50. The molecule has 33 heavy (non-hydrogen) atoms. The maximum atomic E-state index is 13.1. The van der Waals surface area contributed by atoms with Crippen LogP contribution in [0.3, 0.4) is 0 Å². The molecule has 0 aliphatic rings. The summed E-state index contributed by atoms with van der Waals surface area (Å²) in [5.41, 5.74) is 0.830. The maximum Gasteiger partial charge on any atom is 0.416 e. The van der Waals surface area contributed by atoms with Crippen molar-refractivity contribution in [2.45, 2.75) is 13.1 Å². The molecular weight excluding hydrogens is 433 g/mol. The quantitative estimate of drug-likeness (QED) is 0.368. The van der Waals surface area contributed by atoms with Gasteiger partial charge in [0.1, 0.15) is 0 Å². The van der Waals surface area contributed by atoms with Gasteiger partial charge in [0.15, 0.2) is 5.69 Å². The lowest BCUT2D eigenvalue weighted by Crippen LogP contribution is -2.22. The van der Waals surface area contributed by atoms with Crippen molar-refractivity contribution >= 4 is 10.8 Å². The van der Waals surface area contributed by atoms with E-state index in [1.54, 1.807) is 36.4 Å². The van der Waals surface area contributed by atoms with Crippen molar-refractivity contribution in [1.82, 2.24) is 19.9 Å². The normalized spacial score (nSPS) is 11.8. The Morgan fingerprint density at radius 1 is 0.909 bits per heavy atom. The Balaban J connectivity index is 1.67. The van der Waals surface area contributed by atoms with Crippen LogP contribution in [0, 0.1) is 6.92 Å². The summed E-state index contributed by atoms with van der Waals surface area (Å²) >= 11 is 0. The van der Waals surface area contributed by atoms with Crippen molar-refractivity contribution in [3.05, 3.63) is 94.3 Å². The molecule has 0 N–H and O–H groups in total. The molecule has 0 spiro atoms. The molecule has 0 saturated carbocycles. The molecule has 3 aromatic carbocycles. The standard InChI is InChI=1S/C24H15F3N4O2/c1-14-9-11-17(12-10-14)31-23(32)19-8-3-2-7-18(19)20(29-31)22-28-21(30-33-22)15-5-4-6-16(13-15)24(25,26)27/h2-13H,1H3. The highest BCUT2D eigenvalue weighted by molar-refractivity contribution is 5.92. The van der Waals surface area contributed by atoms with E-state index < -0.39 is 11.7 Å². The molecule has 0 aliphatic carbocycles. The van der Waals surface area contributed by atoms with Crippen molar-refractivity contribution < 1.29 is 17.7 Å². The molecule has 6 nitrogen and oxygen atoms in total. The van der Waals surface area contributed by atoms with Crippen LogP contribution in [0.4, 0.5) is 13.2 Å². The van der Waals surface area contributed by atoms with Gasteiger partial charge in [0, 0.05) is 10.9 Å².